The monoisotopic (exact) mass is 862 g/mol. The molecule has 11 nitrogen and oxygen atoms in total. The van der Waals surface area contributed by atoms with E-state index in [1.54, 1.807) is 7.05 Å². The fraction of sp³-hybridized carbons (Fsp3) is 0.860. The van der Waals surface area contributed by atoms with E-state index < -0.39 is 28.7 Å². The smallest absolute Gasteiger partial charge is 0.320 e. The number of carbonyl (C=O) groups is 3. The molecule has 0 aliphatic rings. The van der Waals surface area contributed by atoms with Gasteiger partial charge in [0.2, 0.25) is 0 Å². The standard InChI is InChI=1S/C50H91N3O8/c1-6-10-14-16-19-25-32-42(33-26-20-17-15-11-7-2)61-44(54)35-28-21-18-23-29-37-53(39-31-36-52-46-45(51-5)47(55)48(46)56)38-30-24-22-27-34-43(49(57)59-40-12-8-3)50(58)60-41-13-9-4/h42-43,51-52H,6-41H2,1-5H3. The molecule has 0 atom stereocenters. The van der Waals surface area contributed by atoms with Crippen molar-refractivity contribution >= 4 is 29.3 Å². The van der Waals surface area contributed by atoms with Gasteiger partial charge in [0.1, 0.15) is 17.5 Å². The van der Waals surface area contributed by atoms with E-state index in [4.69, 9.17) is 14.2 Å². The molecule has 2 N–H and O–H groups in total. The lowest BCUT2D eigenvalue weighted by Crippen LogP contribution is -2.37. The highest BCUT2D eigenvalue weighted by Gasteiger charge is 2.29. The number of nitrogens with one attached hydrogen (secondary N) is 2. The maximum atomic E-state index is 12.9. The van der Waals surface area contributed by atoms with Gasteiger partial charge in [0, 0.05) is 20.0 Å². The van der Waals surface area contributed by atoms with Gasteiger partial charge in [-0.2, -0.15) is 0 Å². The lowest BCUT2D eigenvalue weighted by atomic mass is 10.0. The molecule has 354 valence electrons. The van der Waals surface area contributed by atoms with Gasteiger partial charge in [-0.05, 0) is 90.3 Å². The summed E-state index contributed by atoms with van der Waals surface area (Å²) in [6.07, 6.45) is 31.1. The van der Waals surface area contributed by atoms with Gasteiger partial charge in [-0.25, -0.2) is 0 Å². The molecular formula is C50H91N3O8. The fourth-order valence-electron chi connectivity index (χ4n) is 7.80. The van der Waals surface area contributed by atoms with Crippen molar-refractivity contribution in [3.63, 3.8) is 0 Å². The molecule has 0 saturated heterocycles. The van der Waals surface area contributed by atoms with Crippen molar-refractivity contribution < 1.29 is 28.6 Å². The van der Waals surface area contributed by atoms with Crippen LogP contribution >= 0.6 is 0 Å². The molecule has 0 unspecified atom stereocenters. The molecule has 0 spiro atoms. The number of anilines is 2. The molecule has 0 heterocycles. The zero-order chi connectivity index (χ0) is 44.8. The molecule has 1 rings (SSSR count). The normalized spacial score (nSPS) is 11.5. The summed E-state index contributed by atoms with van der Waals surface area (Å²) in [4.78, 5) is 64.6. The Morgan fingerprint density at radius 1 is 0.508 bits per heavy atom. The Labute approximate surface area is 371 Å². The van der Waals surface area contributed by atoms with E-state index in [0.717, 1.165) is 135 Å². The number of nitrogens with zero attached hydrogens (tertiary/aromatic N) is 1. The topological polar surface area (TPSA) is 140 Å². The van der Waals surface area contributed by atoms with Crippen LogP contribution in [-0.2, 0) is 28.6 Å². The van der Waals surface area contributed by atoms with Crippen LogP contribution in [0.4, 0.5) is 11.4 Å². The molecule has 1 aromatic carbocycles. The summed E-state index contributed by atoms with van der Waals surface area (Å²) in [6.45, 7) is 12.6. The average Bonchev–Trinajstić information content (AvgIpc) is 3.25. The van der Waals surface area contributed by atoms with Gasteiger partial charge in [-0.15, -0.1) is 0 Å². The molecule has 0 radical (unpaired) electrons. The van der Waals surface area contributed by atoms with Gasteiger partial charge in [-0.3, -0.25) is 24.0 Å². The first-order chi connectivity index (χ1) is 29.7. The Bertz CT molecular complexity index is 1270. The van der Waals surface area contributed by atoms with E-state index >= 15 is 0 Å². The Hall–Kier alpha value is -2.95. The Balaban J connectivity index is 2.55. The number of rotatable bonds is 44. The minimum atomic E-state index is -0.860. The second-order valence-electron chi connectivity index (χ2n) is 17.3. The highest BCUT2D eigenvalue weighted by atomic mass is 16.6. The van der Waals surface area contributed by atoms with Crippen LogP contribution in [0, 0.1) is 5.92 Å². The zero-order valence-corrected chi connectivity index (χ0v) is 39.8. The molecule has 11 heteroatoms. The first kappa shape index (κ1) is 56.1. The van der Waals surface area contributed by atoms with Crippen molar-refractivity contribution in [1.82, 2.24) is 4.90 Å². The summed E-state index contributed by atoms with van der Waals surface area (Å²) in [5.41, 5.74) is -0.174. The number of carbonyl (C=O) groups excluding carboxylic acids is 3. The quantitative estimate of drug-likeness (QED) is 0.0213. The summed E-state index contributed by atoms with van der Waals surface area (Å²) in [7, 11) is 1.65. The molecule has 0 bridgehead atoms. The predicted octanol–water partition coefficient (Wildman–Crippen LogP) is 11.4. The number of hydrogen-bond donors (Lipinski definition) is 2. The maximum Gasteiger partial charge on any atom is 0.320 e. The molecule has 0 aliphatic carbocycles. The third-order valence-corrected chi connectivity index (χ3v) is 11.8. The number of hydrogen-bond acceptors (Lipinski definition) is 11. The predicted molar refractivity (Wildman–Crippen MR) is 252 cm³/mol. The van der Waals surface area contributed by atoms with E-state index in [0.29, 0.717) is 44.0 Å². The lowest BCUT2D eigenvalue weighted by Gasteiger charge is -2.23. The summed E-state index contributed by atoms with van der Waals surface area (Å²) < 4.78 is 16.9. The van der Waals surface area contributed by atoms with Crippen LogP contribution < -0.4 is 21.5 Å². The molecule has 0 aromatic heterocycles. The van der Waals surface area contributed by atoms with Crippen molar-refractivity contribution in [2.45, 2.75) is 226 Å². The van der Waals surface area contributed by atoms with Crippen LogP contribution in [0.1, 0.15) is 220 Å². The van der Waals surface area contributed by atoms with Crippen LogP contribution in [0.2, 0.25) is 0 Å². The molecule has 0 fully saturated rings. The van der Waals surface area contributed by atoms with Crippen molar-refractivity contribution in [2.24, 2.45) is 5.92 Å². The molecule has 1 aromatic rings. The largest absolute Gasteiger partial charge is 0.465 e. The van der Waals surface area contributed by atoms with E-state index in [1.165, 1.54) is 64.2 Å². The van der Waals surface area contributed by atoms with Gasteiger partial charge >= 0.3 is 17.9 Å². The van der Waals surface area contributed by atoms with Crippen LogP contribution in [0.3, 0.4) is 0 Å². The van der Waals surface area contributed by atoms with Crippen LogP contribution in [0.5, 0.6) is 0 Å². The summed E-state index contributed by atoms with van der Waals surface area (Å²) in [5, 5.41) is 5.97. The van der Waals surface area contributed by atoms with Gasteiger partial charge < -0.3 is 29.7 Å². The van der Waals surface area contributed by atoms with Gasteiger partial charge in [0.05, 0.1) is 13.2 Å². The van der Waals surface area contributed by atoms with Crippen LogP contribution in [-0.4, -0.2) is 75.4 Å². The SMILES string of the molecule is CCCCCCCCC(CCCCCCCC)OC(=O)CCCCCCCN(CCCCCCC(C(=O)OCCCC)C(=O)OCCCC)CCCNc1c(NC)c(=O)c1=O. The Morgan fingerprint density at radius 2 is 0.934 bits per heavy atom. The van der Waals surface area contributed by atoms with Gasteiger partial charge in [-0.1, -0.05) is 143 Å². The second-order valence-corrected chi connectivity index (χ2v) is 17.3. The summed E-state index contributed by atoms with van der Waals surface area (Å²) in [5.74, 6) is -1.82. The van der Waals surface area contributed by atoms with Crippen LogP contribution in [0.15, 0.2) is 9.59 Å². The average molecular weight is 862 g/mol. The van der Waals surface area contributed by atoms with Gasteiger partial charge in [0.25, 0.3) is 10.9 Å². The van der Waals surface area contributed by atoms with Gasteiger partial charge in [0.15, 0.2) is 5.92 Å². The summed E-state index contributed by atoms with van der Waals surface area (Å²) >= 11 is 0. The zero-order valence-electron chi connectivity index (χ0n) is 39.8. The van der Waals surface area contributed by atoms with Crippen molar-refractivity contribution in [1.29, 1.82) is 0 Å². The third-order valence-electron chi connectivity index (χ3n) is 11.8. The minimum Gasteiger partial charge on any atom is -0.465 e. The van der Waals surface area contributed by atoms with E-state index in [2.05, 4.69) is 29.4 Å². The molecule has 0 amide bonds. The molecule has 0 aliphatic heterocycles. The fourth-order valence-corrected chi connectivity index (χ4v) is 7.80. The van der Waals surface area contributed by atoms with Crippen molar-refractivity contribution in [3.05, 3.63) is 20.4 Å². The number of unbranched alkanes of at least 4 members (excludes halogenated alkanes) is 19. The number of esters is 3. The number of ether oxygens (including phenoxy) is 3. The second kappa shape index (κ2) is 38.7. The Morgan fingerprint density at radius 3 is 1.44 bits per heavy atom. The van der Waals surface area contributed by atoms with Crippen LogP contribution in [0.25, 0.3) is 0 Å². The lowest BCUT2D eigenvalue weighted by molar-refractivity contribution is -0.162. The van der Waals surface area contributed by atoms with Crippen molar-refractivity contribution in [3.8, 4) is 0 Å². The third kappa shape index (κ3) is 27.7. The van der Waals surface area contributed by atoms with E-state index in [1.807, 2.05) is 13.8 Å². The molecule has 0 saturated carbocycles. The highest BCUT2D eigenvalue weighted by molar-refractivity contribution is 5.94. The highest BCUT2D eigenvalue weighted by Crippen LogP contribution is 2.20. The first-order valence-electron chi connectivity index (χ1n) is 25.2. The summed E-state index contributed by atoms with van der Waals surface area (Å²) in [6, 6.07) is 0. The maximum absolute atomic E-state index is 12.9. The van der Waals surface area contributed by atoms with Crippen molar-refractivity contribution in [2.75, 3.05) is 57.1 Å². The first-order valence-corrected chi connectivity index (χ1v) is 25.2. The minimum absolute atomic E-state index is 0.0262. The Kier molecular flexibility index (Phi) is 35.6. The molecule has 61 heavy (non-hydrogen) atoms. The molecular weight excluding hydrogens is 771 g/mol. The van der Waals surface area contributed by atoms with E-state index in [-0.39, 0.29) is 12.1 Å². The van der Waals surface area contributed by atoms with E-state index in [9.17, 15) is 24.0 Å².